The number of nitrogens with zero attached hydrogens (tertiary/aromatic N) is 2. The average molecular weight is 312 g/mol. The van der Waals surface area contributed by atoms with Gasteiger partial charge in [0, 0.05) is 19.2 Å². The minimum Gasteiger partial charge on any atom is -0.481 e. The fourth-order valence-corrected chi connectivity index (χ4v) is 4.13. The Labute approximate surface area is 127 Å². The van der Waals surface area contributed by atoms with Crippen molar-refractivity contribution in [3.63, 3.8) is 0 Å². The number of hydrogen-bond acceptors (Lipinski definition) is 4. The van der Waals surface area contributed by atoms with Gasteiger partial charge in [-0.15, -0.1) is 0 Å². The highest BCUT2D eigenvalue weighted by atomic mass is 32.2. The van der Waals surface area contributed by atoms with Gasteiger partial charge in [-0.3, -0.25) is 0 Å². The Balaban J connectivity index is 2.22. The van der Waals surface area contributed by atoms with Gasteiger partial charge in [0.1, 0.15) is 4.90 Å². The summed E-state index contributed by atoms with van der Waals surface area (Å²) in [6.45, 7) is 7.67. The second-order valence-electron chi connectivity index (χ2n) is 6.60. The van der Waals surface area contributed by atoms with E-state index in [1.807, 2.05) is 0 Å². The fourth-order valence-electron chi connectivity index (χ4n) is 2.66. The van der Waals surface area contributed by atoms with Gasteiger partial charge in [0.25, 0.3) is 0 Å². The highest BCUT2D eigenvalue weighted by Crippen LogP contribution is 2.35. The second kappa shape index (κ2) is 5.93. The Hall–Kier alpha value is -1.14. The minimum atomic E-state index is -3.46. The zero-order valence-electron chi connectivity index (χ0n) is 13.2. The normalized spacial score (nSPS) is 21.2. The molecule has 1 aromatic rings. The van der Waals surface area contributed by atoms with Crippen LogP contribution in [0.25, 0.3) is 0 Å². The predicted octanol–water partition coefficient (Wildman–Crippen LogP) is 2.54. The molecule has 118 valence electrons. The molecule has 0 spiro atoms. The van der Waals surface area contributed by atoms with E-state index in [2.05, 4.69) is 25.8 Å². The van der Waals surface area contributed by atoms with E-state index in [9.17, 15) is 8.42 Å². The van der Waals surface area contributed by atoms with Crippen molar-refractivity contribution in [1.29, 1.82) is 0 Å². The molecule has 0 amide bonds. The number of sulfonamides is 1. The molecule has 6 heteroatoms. The van der Waals surface area contributed by atoms with Crippen LogP contribution in [0.2, 0.25) is 0 Å². The molecule has 1 fully saturated rings. The van der Waals surface area contributed by atoms with Crippen LogP contribution in [-0.4, -0.2) is 37.9 Å². The summed E-state index contributed by atoms with van der Waals surface area (Å²) in [5, 5.41) is 0. The molecule has 5 nitrogen and oxygen atoms in total. The van der Waals surface area contributed by atoms with Crippen LogP contribution in [-0.2, 0) is 10.0 Å². The first-order chi connectivity index (χ1) is 9.75. The Morgan fingerprint density at radius 3 is 2.57 bits per heavy atom. The van der Waals surface area contributed by atoms with E-state index in [0.29, 0.717) is 24.9 Å². The number of methoxy groups -OCH3 is 1. The van der Waals surface area contributed by atoms with E-state index in [1.165, 1.54) is 13.3 Å². The van der Waals surface area contributed by atoms with Crippen LogP contribution in [0, 0.1) is 11.3 Å². The van der Waals surface area contributed by atoms with Crippen LogP contribution >= 0.6 is 0 Å². The van der Waals surface area contributed by atoms with Gasteiger partial charge < -0.3 is 4.74 Å². The summed E-state index contributed by atoms with van der Waals surface area (Å²) >= 11 is 0. The third-order valence-corrected chi connectivity index (χ3v) is 6.01. The van der Waals surface area contributed by atoms with Crippen molar-refractivity contribution in [2.75, 3.05) is 20.2 Å². The van der Waals surface area contributed by atoms with E-state index < -0.39 is 10.0 Å². The maximum atomic E-state index is 12.7. The van der Waals surface area contributed by atoms with Crippen LogP contribution in [0.15, 0.2) is 23.2 Å². The predicted molar refractivity (Wildman–Crippen MR) is 81.7 cm³/mol. The van der Waals surface area contributed by atoms with Crippen molar-refractivity contribution >= 4 is 10.0 Å². The number of ether oxygens (including phenoxy) is 1. The maximum Gasteiger partial charge on any atom is 0.244 e. The lowest BCUT2D eigenvalue weighted by Gasteiger charge is -2.39. The molecule has 1 saturated heterocycles. The monoisotopic (exact) mass is 312 g/mol. The van der Waals surface area contributed by atoms with Gasteiger partial charge in [-0.25, -0.2) is 13.4 Å². The van der Waals surface area contributed by atoms with E-state index in [-0.39, 0.29) is 10.3 Å². The quantitative estimate of drug-likeness (QED) is 0.860. The van der Waals surface area contributed by atoms with Crippen LogP contribution in [0.3, 0.4) is 0 Å². The largest absolute Gasteiger partial charge is 0.481 e. The molecule has 0 aliphatic carbocycles. The third-order valence-electron chi connectivity index (χ3n) is 4.16. The topological polar surface area (TPSA) is 59.5 Å². The van der Waals surface area contributed by atoms with Crippen LogP contribution in [0.5, 0.6) is 5.88 Å². The summed E-state index contributed by atoms with van der Waals surface area (Å²) in [7, 11) is -1.96. The van der Waals surface area contributed by atoms with Gasteiger partial charge in [0.15, 0.2) is 0 Å². The number of pyridine rings is 1. The molecular formula is C15H24N2O3S. The lowest BCUT2D eigenvalue weighted by atomic mass is 9.77. The zero-order valence-corrected chi connectivity index (χ0v) is 14.0. The number of aromatic nitrogens is 1. The van der Waals surface area contributed by atoms with Crippen LogP contribution in [0.4, 0.5) is 0 Å². The first kappa shape index (κ1) is 16.2. The molecule has 1 aliphatic rings. The lowest BCUT2D eigenvalue weighted by Crippen LogP contribution is -2.43. The molecule has 1 unspecified atom stereocenters. The Morgan fingerprint density at radius 2 is 2.05 bits per heavy atom. The smallest absolute Gasteiger partial charge is 0.244 e. The summed E-state index contributed by atoms with van der Waals surface area (Å²) < 4.78 is 32.0. The molecule has 1 aliphatic heterocycles. The molecule has 0 radical (unpaired) electrons. The van der Waals surface area contributed by atoms with Gasteiger partial charge >= 0.3 is 0 Å². The molecule has 2 rings (SSSR count). The van der Waals surface area contributed by atoms with Crippen molar-refractivity contribution < 1.29 is 13.2 Å². The summed E-state index contributed by atoms with van der Waals surface area (Å²) in [5.41, 5.74) is 0.117. The maximum absolute atomic E-state index is 12.7. The lowest BCUT2D eigenvalue weighted by molar-refractivity contribution is 0.148. The molecular weight excluding hydrogens is 288 g/mol. The van der Waals surface area contributed by atoms with Crippen molar-refractivity contribution in [3.8, 4) is 5.88 Å². The molecule has 2 heterocycles. The fraction of sp³-hybridized carbons (Fsp3) is 0.667. The summed E-state index contributed by atoms with van der Waals surface area (Å²) in [6, 6.07) is 3.14. The molecule has 0 bridgehead atoms. The van der Waals surface area contributed by atoms with Gasteiger partial charge in [-0.1, -0.05) is 20.8 Å². The van der Waals surface area contributed by atoms with Gasteiger partial charge in [-0.05, 0) is 30.2 Å². The summed E-state index contributed by atoms with van der Waals surface area (Å²) in [6.07, 6.45) is 3.36. The Bertz CT molecular complexity index is 576. The molecule has 21 heavy (non-hydrogen) atoms. The van der Waals surface area contributed by atoms with E-state index in [4.69, 9.17) is 4.74 Å². The summed E-state index contributed by atoms with van der Waals surface area (Å²) in [4.78, 5) is 4.23. The molecule has 1 atom stereocenters. The zero-order chi connectivity index (χ0) is 15.7. The van der Waals surface area contributed by atoms with Gasteiger partial charge in [-0.2, -0.15) is 4.31 Å². The van der Waals surface area contributed by atoms with Crippen LogP contribution in [0.1, 0.15) is 33.6 Å². The van der Waals surface area contributed by atoms with Gasteiger partial charge in [0.05, 0.1) is 13.3 Å². The highest BCUT2D eigenvalue weighted by molar-refractivity contribution is 7.89. The van der Waals surface area contributed by atoms with Crippen LogP contribution < -0.4 is 4.74 Å². The van der Waals surface area contributed by atoms with Gasteiger partial charge in [0.2, 0.25) is 15.9 Å². The van der Waals surface area contributed by atoms with Crippen molar-refractivity contribution in [3.05, 3.63) is 18.3 Å². The average Bonchev–Trinajstić information content (AvgIpc) is 2.46. The molecule has 1 aromatic heterocycles. The standard InChI is InChI=1S/C15H24N2O3S/c1-15(2,3)12-6-5-9-17(11-12)21(18,19)13-7-8-14(20-4)16-10-13/h7-8,10,12H,5-6,9,11H2,1-4H3. The molecule has 0 aromatic carbocycles. The summed E-state index contributed by atoms with van der Waals surface area (Å²) in [5.74, 6) is 0.799. The molecule has 0 N–H and O–H groups in total. The van der Waals surface area contributed by atoms with E-state index in [0.717, 1.165) is 12.8 Å². The number of rotatable bonds is 3. The van der Waals surface area contributed by atoms with Crippen molar-refractivity contribution in [2.45, 2.75) is 38.5 Å². The van der Waals surface area contributed by atoms with E-state index in [1.54, 1.807) is 16.4 Å². The van der Waals surface area contributed by atoms with Crippen molar-refractivity contribution in [1.82, 2.24) is 9.29 Å². The second-order valence-corrected chi connectivity index (χ2v) is 8.54. The first-order valence-corrected chi connectivity index (χ1v) is 8.69. The Morgan fingerprint density at radius 1 is 1.33 bits per heavy atom. The highest BCUT2D eigenvalue weighted by Gasteiger charge is 2.35. The third kappa shape index (κ3) is 3.55. The Kier molecular flexibility index (Phi) is 4.58. The minimum absolute atomic E-state index is 0.117. The number of piperidine rings is 1. The number of hydrogen-bond donors (Lipinski definition) is 0. The molecule has 0 saturated carbocycles. The first-order valence-electron chi connectivity index (χ1n) is 7.25. The van der Waals surface area contributed by atoms with Crippen molar-refractivity contribution in [2.24, 2.45) is 11.3 Å². The SMILES string of the molecule is COc1ccc(S(=O)(=O)N2CCCC(C(C)(C)C)C2)cn1. The van der Waals surface area contributed by atoms with E-state index >= 15 is 0 Å².